The number of aromatic hydroxyl groups is 1. The van der Waals surface area contributed by atoms with Gasteiger partial charge in [0.05, 0.1) is 11.0 Å². The fourth-order valence-corrected chi connectivity index (χ4v) is 7.72. The van der Waals surface area contributed by atoms with Crippen molar-refractivity contribution >= 4 is 0 Å². The average Bonchev–Trinajstić information content (AvgIpc) is 3.18. The maximum atomic E-state index is 12.5. The third-order valence-electron chi connectivity index (χ3n) is 9.17. The molecule has 2 heterocycles. The van der Waals surface area contributed by atoms with Crippen LogP contribution in [0.4, 0.5) is 0 Å². The van der Waals surface area contributed by atoms with E-state index in [1.165, 1.54) is 16.7 Å². The van der Waals surface area contributed by atoms with Crippen LogP contribution in [0.15, 0.2) is 49.1 Å². The summed E-state index contributed by atoms with van der Waals surface area (Å²) in [5.74, 6) is 1.27. The second kappa shape index (κ2) is 7.84. The summed E-state index contributed by atoms with van der Waals surface area (Å²) in [5, 5.41) is 27.0. The number of likely N-dealkylation sites (tertiary alicyclic amines) is 1. The van der Waals surface area contributed by atoms with E-state index in [-0.39, 0.29) is 23.9 Å². The number of hydrogen-bond donors (Lipinski definition) is 3. The molecule has 2 aliphatic carbocycles. The second-order valence-corrected chi connectivity index (χ2v) is 11.0. The minimum atomic E-state index is -0.876. The third kappa shape index (κ3) is 2.84. The average molecular weight is 461 g/mol. The number of nitrogens with one attached hydrogen (secondary N) is 1. The van der Waals surface area contributed by atoms with Crippen molar-refractivity contribution in [2.75, 3.05) is 13.1 Å². The molecule has 5 atom stereocenters. The lowest BCUT2D eigenvalue weighted by Gasteiger charge is -2.64. The summed E-state index contributed by atoms with van der Waals surface area (Å²) >= 11 is 0. The van der Waals surface area contributed by atoms with E-state index in [2.05, 4.69) is 54.9 Å². The molecule has 0 aromatic heterocycles. The highest BCUT2D eigenvalue weighted by molar-refractivity contribution is 5.62. The normalized spacial score (nSPS) is 33.5. The molecule has 5 nitrogen and oxygen atoms in total. The Bertz CT molecular complexity index is 1130. The summed E-state index contributed by atoms with van der Waals surface area (Å²) in [6.07, 6.45) is 4.92. The van der Waals surface area contributed by atoms with Gasteiger partial charge in [-0.05, 0) is 60.9 Å². The van der Waals surface area contributed by atoms with E-state index in [0.29, 0.717) is 11.7 Å². The van der Waals surface area contributed by atoms with E-state index in [1.54, 1.807) is 6.07 Å². The Balaban J connectivity index is 1.39. The molecule has 2 aromatic rings. The van der Waals surface area contributed by atoms with E-state index in [0.717, 1.165) is 50.9 Å². The number of phenolic OH excluding ortho intramolecular Hbond substituents is 1. The maximum Gasteiger partial charge on any atom is 0.165 e. The molecule has 4 aliphatic rings. The second-order valence-electron chi connectivity index (χ2n) is 11.0. The van der Waals surface area contributed by atoms with Gasteiger partial charge in [0.25, 0.3) is 0 Å². The third-order valence-corrected chi connectivity index (χ3v) is 9.17. The SMILES string of the molecule is C=CCN1CC[C@]23c4c5ccc(O)c4O[C@H]2[C@@H](NCc2ccccc2C(C)C)CC[C@@]3(O)[C@H]1C5. The van der Waals surface area contributed by atoms with Crippen LogP contribution in [0.5, 0.6) is 11.5 Å². The van der Waals surface area contributed by atoms with Crippen LogP contribution < -0.4 is 10.1 Å². The fraction of sp³-hybridized carbons (Fsp3) is 0.517. The zero-order valence-corrected chi connectivity index (χ0v) is 20.3. The van der Waals surface area contributed by atoms with Crippen molar-refractivity contribution in [3.8, 4) is 11.5 Å². The summed E-state index contributed by atoms with van der Waals surface area (Å²) in [6, 6.07) is 12.6. The molecule has 5 heteroatoms. The van der Waals surface area contributed by atoms with E-state index >= 15 is 0 Å². The quantitative estimate of drug-likeness (QED) is 0.569. The summed E-state index contributed by atoms with van der Waals surface area (Å²) in [6.45, 7) is 10.9. The summed E-state index contributed by atoms with van der Waals surface area (Å²) in [4.78, 5) is 2.40. The molecule has 34 heavy (non-hydrogen) atoms. The number of ether oxygens (including phenoxy) is 1. The molecule has 6 rings (SSSR count). The maximum absolute atomic E-state index is 12.5. The molecule has 1 saturated carbocycles. The number of piperidine rings is 1. The molecule has 1 spiro atoms. The Kier molecular flexibility index (Phi) is 5.11. The zero-order chi connectivity index (χ0) is 23.7. The van der Waals surface area contributed by atoms with Crippen LogP contribution in [0.2, 0.25) is 0 Å². The number of aliphatic hydroxyl groups is 1. The molecule has 2 bridgehead atoms. The number of phenols is 1. The van der Waals surface area contributed by atoms with Gasteiger partial charge in [0, 0.05) is 30.7 Å². The minimum absolute atomic E-state index is 0.0379. The first-order valence-electron chi connectivity index (χ1n) is 12.8. The van der Waals surface area contributed by atoms with Gasteiger partial charge >= 0.3 is 0 Å². The lowest BCUT2D eigenvalue weighted by molar-refractivity contribution is -0.189. The lowest BCUT2D eigenvalue weighted by atomic mass is 9.48. The van der Waals surface area contributed by atoms with Crippen molar-refractivity contribution in [2.45, 2.75) is 81.2 Å². The van der Waals surface area contributed by atoms with Crippen LogP contribution >= 0.6 is 0 Å². The van der Waals surface area contributed by atoms with Gasteiger partial charge in [0.2, 0.25) is 0 Å². The predicted octanol–water partition coefficient (Wildman–Crippen LogP) is 4.01. The molecule has 180 valence electrons. The summed E-state index contributed by atoms with van der Waals surface area (Å²) in [7, 11) is 0. The van der Waals surface area contributed by atoms with Crippen LogP contribution in [0, 0.1) is 0 Å². The zero-order valence-electron chi connectivity index (χ0n) is 20.3. The Morgan fingerprint density at radius 2 is 2.06 bits per heavy atom. The van der Waals surface area contributed by atoms with Crippen LogP contribution in [0.25, 0.3) is 0 Å². The molecule has 2 aromatic carbocycles. The molecule has 0 amide bonds. The standard InChI is InChI=1S/C29H36N2O3/c1-4-14-31-15-13-28-25-19-9-10-23(32)26(25)34-27(28)22(11-12-29(28,33)24(31)16-19)30-17-20-7-5-6-8-21(20)18(2)3/h4-10,18,22,24,27,30,32-33H,1,11-17H2,2-3H3/t22-,24+,27-,28-,29+/m0/s1. The van der Waals surface area contributed by atoms with Crippen molar-refractivity contribution in [1.29, 1.82) is 0 Å². The van der Waals surface area contributed by atoms with Crippen molar-refractivity contribution in [3.63, 3.8) is 0 Å². The first-order valence-corrected chi connectivity index (χ1v) is 12.8. The lowest BCUT2D eigenvalue weighted by Crippen LogP contribution is -2.78. The smallest absolute Gasteiger partial charge is 0.165 e. The predicted molar refractivity (Wildman–Crippen MR) is 133 cm³/mol. The molecule has 0 unspecified atom stereocenters. The van der Waals surface area contributed by atoms with Gasteiger partial charge in [-0.1, -0.05) is 50.3 Å². The van der Waals surface area contributed by atoms with Crippen molar-refractivity contribution in [2.24, 2.45) is 0 Å². The monoisotopic (exact) mass is 460 g/mol. The molecule has 2 aliphatic heterocycles. The Morgan fingerprint density at radius 3 is 2.85 bits per heavy atom. The molecule has 0 radical (unpaired) electrons. The van der Waals surface area contributed by atoms with Gasteiger partial charge in [-0.15, -0.1) is 6.58 Å². The van der Waals surface area contributed by atoms with Crippen LogP contribution in [0.1, 0.15) is 61.3 Å². The first-order chi connectivity index (χ1) is 16.4. The van der Waals surface area contributed by atoms with Gasteiger partial charge in [0.1, 0.15) is 6.10 Å². The van der Waals surface area contributed by atoms with E-state index in [4.69, 9.17) is 4.74 Å². The van der Waals surface area contributed by atoms with Gasteiger partial charge in [-0.25, -0.2) is 0 Å². The highest BCUT2D eigenvalue weighted by Gasteiger charge is 2.72. The van der Waals surface area contributed by atoms with Gasteiger partial charge < -0.3 is 20.3 Å². The van der Waals surface area contributed by atoms with Crippen molar-refractivity contribution in [1.82, 2.24) is 10.2 Å². The molecule has 3 N–H and O–H groups in total. The highest BCUT2D eigenvalue weighted by atomic mass is 16.5. The molecule has 1 saturated heterocycles. The topological polar surface area (TPSA) is 65.0 Å². The Labute approximate surface area is 202 Å². The Hall–Kier alpha value is -2.34. The van der Waals surface area contributed by atoms with Crippen LogP contribution in [-0.2, 0) is 18.4 Å². The highest BCUT2D eigenvalue weighted by Crippen LogP contribution is 2.65. The van der Waals surface area contributed by atoms with Crippen molar-refractivity contribution in [3.05, 3.63) is 71.3 Å². The van der Waals surface area contributed by atoms with Gasteiger partial charge in [-0.2, -0.15) is 0 Å². The Morgan fingerprint density at radius 1 is 1.24 bits per heavy atom. The van der Waals surface area contributed by atoms with Crippen molar-refractivity contribution < 1.29 is 14.9 Å². The van der Waals surface area contributed by atoms with E-state index in [9.17, 15) is 10.2 Å². The number of benzene rings is 2. The van der Waals surface area contributed by atoms with Crippen LogP contribution in [0.3, 0.4) is 0 Å². The largest absolute Gasteiger partial charge is 0.504 e. The molecular formula is C29H36N2O3. The van der Waals surface area contributed by atoms with Gasteiger partial charge in [0.15, 0.2) is 11.5 Å². The summed E-state index contributed by atoms with van der Waals surface area (Å²) < 4.78 is 6.64. The number of rotatable bonds is 6. The molecular weight excluding hydrogens is 424 g/mol. The minimum Gasteiger partial charge on any atom is -0.504 e. The summed E-state index contributed by atoms with van der Waals surface area (Å²) in [5.41, 5.74) is 3.60. The molecule has 2 fully saturated rings. The van der Waals surface area contributed by atoms with Crippen LogP contribution in [-0.4, -0.2) is 52.0 Å². The number of hydrogen-bond acceptors (Lipinski definition) is 5. The first kappa shape index (κ1) is 22.1. The number of nitrogens with zero attached hydrogens (tertiary/aromatic N) is 1. The van der Waals surface area contributed by atoms with Gasteiger partial charge in [-0.3, -0.25) is 4.90 Å². The fourth-order valence-electron chi connectivity index (χ4n) is 7.72. The van der Waals surface area contributed by atoms with E-state index < -0.39 is 11.0 Å². The van der Waals surface area contributed by atoms with E-state index in [1.807, 2.05) is 12.1 Å².